The molecule has 0 saturated heterocycles. The van der Waals surface area contributed by atoms with E-state index in [4.69, 9.17) is 5.26 Å². The van der Waals surface area contributed by atoms with Gasteiger partial charge >= 0.3 is 0 Å². The summed E-state index contributed by atoms with van der Waals surface area (Å²) in [5, 5.41) is 11.7. The number of rotatable bonds is 8. The minimum absolute atomic E-state index is 0.0293. The molecule has 0 aliphatic rings. The van der Waals surface area contributed by atoms with Crippen molar-refractivity contribution in [3.05, 3.63) is 29.8 Å². The monoisotopic (exact) mass is 338 g/mol. The molecule has 23 heavy (non-hydrogen) atoms. The average molecular weight is 338 g/mol. The van der Waals surface area contributed by atoms with Crippen LogP contribution in [0.15, 0.2) is 24.3 Å². The van der Waals surface area contributed by atoms with Crippen LogP contribution in [0.3, 0.4) is 0 Å². The molecule has 0 saturated carbocycles. The number of likely N-dealkylation sites (N-methyl/N-ethyl adjacent to an activating group) is 1. The summed E-state index contributed by atoms with van der Waals surface area (Å²) >= 11 is 0. The van der Waals surface area contributed by atoms with Crippen LogP contribution in [0.1, 0.15) is 12.0 Å². The van der Waals surface area contributed by atoms with Crippen LogP contribution >= 0.6 is 0 Å². The molecule has 0 fully saturated rings. The van der Waals surface area contributed by atoms with Crippen LogP contribution in [0.2, 0.25) is 0 Å². The Kier molecular flexibility index (Phi) is 7.00. The summed E-state index contributed by atoms with van der Waals surface area (Å²) in [5.74, 6) is -0.211. The van der Waals surface area contributed by atoms with Crippen LogP contribution in [0.4, 0.5) is 5.69 Å². The van der Waals surface area contributed by atoms with E-state index in [0.717, 1.165) is 10.6 Å². The van der Waals surface area contributed by atoms with Crippen molar-refractivity contribution in [1.82, 2.24) is 10.2 Å². The number of carbonyl (C=O) groups excluding carboxylic acids is 1. The van der Waals surface area contributed by atoms with E-state index in [0.29, 0.717) is 24.3 Å². The number of amides is 1. The molecular weight excluding hydrogens is 316 g/mol. The van der Waals surface area contributed by atoms with E-state index in [1.807, 2.05) is 25.1 Å². The van der Waals surface area contributed by atoms with Gasteiger partial charge in [-0.1, -0.05) is 6.07 Å². The van der Waals surface area contributed by atoms with Crippen molar-refractivity contribution in [2.45, 2.75) is 6.42 Å². The zero-order chi connectivity index (χ0) is 17.5. The van der Waals surface area contributed by atoms with Crippen molar-refractivity contribution in [3.8, 4) is 6.07 Å². The maximum absolute atomic E-state index is 12.0. The van der Waals surface area contributed by atoms with Crippen molar-refractivity contribution < 1.29 is 13.2 Å². The molecule has 0 bridgehead atoms. The normalized spacial score (nSPS) is 11.1. The Hall–Kier alpha value is -2.11. The molecule has 1 aromatic carbocycles. The van der Waals surface area contributed by atoms with Gasteiger partial charge in [0.15, 0.2) is 0 Å². The van der Waals surface area contributed by atoms with Crippen LogP contribution in [0, 0.1) is 11.3 Å². The van der Waals surface area contributed by atoms with Crippen LogP contribution in [0.5, 0.6) is 0 Å². The van der Waals surface area contributed by atoms with Gasteiger partial charge in [-0.3, -0.25) is 9.10 Å². The Morgan fingerprint density at radius 3 is 2.57 bits per heavy atom. The van der Waals surface area contributed by atoms with Gasteiger partial charge < -0.3 is 10.2 Å². The summed E-state index contributed by atoms with van der Waals surface area (Å²) in [6, 6.07) is 8.28. The van der Waals surface area contributed by atoms with E-state index in [2.05, 4.69) is 5.32 Å². The molecule has 1 rings (SSSR count). The van der Waals surface area contributed by atoms with Gasteiger partial charge in [0.25, 0.3) is 0 Å². The maximum Gasteiger partial charge on any atom is 0.232 e. The lowest BCUT2D eigenvalue weighted by atomic mass is 10.2. The Labute approximate surface area is 137 Å². The number of nitriles is 1. The molecule has 0 atom stereocenters. The predicted molar refractivity (Wildman–Crippen MR) is 89.5 cm³/mol. The fourth-order valence-corrected chi connectivity index (χ4v) is 2.85. The molecule has 0 aliphatic carbocycles. The Bertz CT molecular complexity index is 680. The first kappa shape index (κ1) is 18.9. The Morgan fingerprint density at radius 1 is 1.30 bits per heavy atom. The molecule has 8 heteroatoms. The van der Waals surface area contributed by atoms with Crippen molar-refractivity contribution in [3.63, 3.8) is 0 Å². The van der Waals surface area contributed by atoms with Gasteiger partial charge in [-0.2, -0.15) is 5.26 Å². The lowest BCUT2D eigenvalue weighted by Gasteiger charge is -2.22. The van der Waals surface area contributed by atoms with Crippen LogP contribution < -0.4 is 9.62 Å². The van der Waals surface area contributed by atoms with Gasteiger partial charge in [-0.25, -0.2) is 8.42 Å². The second kappa shape index (κ2) is 8.50. The minimum Gasteiger partial charge on any atom is -0.355 e. The third kappa shape index (κ3) is 6.67. The second-order valence-corrected chi connectivity index (χ2v) is 7.31. The maximum atomic E-state index is 12.0. The lowest BCUT2D eigenvalue weighted by molar-refractivity contribution is -0.120. The van der Waals surface area contributed by atoms with Crippen molar-refractivity contribution >= 4 is 21.6 Å². The molecule has 0 spiro atoms. The Morgan fingerprint density at radius 2 is 2.00 bits per heavy atom. The van der Waals surface area contributed by atoms with Gasteiger partial charge in [-0.15, -0.1) is 0 Å². The largest absolute Gasteiger partial charge is 0.355 e. The fourth-order valence-electron chi connectivity index (χ4n) is 1.93. The van der Waals surface area contributed by atoms with Crippen molar-refractivity contribution in [1.29, 1.82) is 5.26 Å². The summed E-state index contributed by atoms with van der Waals surface area (Å²) in [6.07, 6.45) is 1.13. The minimum atomic E-state index is -3.54. The number of nitrogens with one attached hydrogen (secondary N) is 1. The van der Waals surface area contributed by atoms with E-state index in [9.17, 15) is 13.2 Å². The summed E-state index contributed by atoms with van der Waals surface area (Å²) in [4.78, 5) is 13.7. The molecule has 1 N–H and O–H groups in total. The van der Waals surface area contributed by atoms with E-state index in [1.54, 1.807) is 18.2 Å². The zero-order valence-electron chi connectivity index (χ0n) is 13.6. The third-order valence-corrected chi connectivity index (χ3v) is 4.28. The molecular formula is C15H22N4O3S. The number of benzene rings is 1. The predicted octanol–water partition coefficient (Wildman–Crippen LogP) is 0.392. The molecule has 126 valence electrons. The van der Waals surface area contributed by atoms with Gasteiger partial charge in [0, 0.05) is 26.1 Å². The summed E-state index contributed by atoms with van der Waals surface area (Å²) in [7, 11) is 0.268. The molecule has 7 nitrogen and oxygen atoms in total. The summed E-state index contributed by atoms with van der Waals surface area (Å²) in [5.41, 5.74) is 0.749. The van der Waals surface area contributed by atoms with E-state index in [1.165, 1.54) is 6.07 Å². The highest BCUT2D eigenvalue weighted by Gasteiger charge is 2.18. The number of hydrogen-bond acceptors (Lipinski definition) is 5. The first-order valence-electron chi connectivity index (χ1n) is 7.13. The molecule has 0 aromatic heterocycles. The quantitative estimate of drug-likeness (QED) is 0.740. The fraction of sp³-hybridized carbons (Fsp3) is 0.467. The summed E-state index contributed by atoms with van der Waals surface area (Å²) in [6.45, 7) is 1.25. The smallest absolute Gasteiger partial charge is 0.232 e. The van der Waals surface area contributed by atoms with Gasteiger partial charge in [-0.05, 0) is 32.3 Å². The Balaban J connectivity index is 2.74. The zero-order valence-corrected chi connectivity index (χ0v) is 14.4. The van der Waals surface area contributed by atoms with E-state index in [-0.39, 0.29) is 18.9 Å². The SMILES string of the molecule is CN(C)CCNC(=O)CCN(c1cccc(C#N)c1)S(C)(=O)=O. The van der Waals surface area contributed by atoms with E-state index >= 15 is 0 Å². The van der Waals surface area contributed by atoms with Crippen LogP contribution in [-0.4, -0.2) is 59.2 Å². The van der Waals surface area contributed by atoms with Crippen LogP contribution in [-0.2, 0) is 14.8 Å². The van der Waals surface area contributed by atoms with Gasteiger partial charge in [0.2, 0.25) is 15.9 Å². The second-order valence-electron chi connectivity index (χ2n) is 5.40. The molecule has 0 aliphatic heterocycles. The first-order valence-corrected chi connectivity index (χ1v) is 8.98. The standard InChI is InChI=1S/C15H22N4O3S/c1-18(2)10-8-17-15(20)7-9-19(23(3,21)22)14-6-4-5-13(11-14)12-16/h4-6,11H,7-10H2,1-3H3,(H,17,20). The lowest BCUT2D eigenvalue weighted by Crippen LogP contribution is -2.36. The molecule has 0 radical (unpaired) electrons. The number of hydrogen-bond donors (Lipinski definition) is 1. The van der Waals surface area contributed by atoms with Crippen molar-refractivity contribution in [2.75, 3.05) is 44.3 Å². The number of sulfonamides is 1. The third-order valence-electron chi connectivity index (χ3n) is 3.09. The highest BCUT2D eigenvalue weighted by molar-refractivity contribution is 7.92. The topological polar surface area (TPSA) is 93.5 Å². The van der Waals surface area contributed by atoms with E-state index < -0.39 is 10.0 Å². The highest BCUT2D eigenvalue weighted by Crippen LogP contribution is 2.19. The molecule has 0 heterocycles. The highest BCUT2D eigenvalue weighted by atomic mass is 32.2. The number of anilines is 1. The molecule has 1 amide bonds. The molecule has 1 aromatic rings. The van der Waals surface area contributed by atoms with Crippen molar-refractivity contribution in [2.24, 2.45) is 0 Å². The average Bonchev–Trinajstić information content (AvgIpc) is 2.46. The number of nitrogens with zero attached hydrogens (tertiary/aromatic N) is 3. The summed E-state index contributed by atoms with van der Waals surface area (Å²) < 4.78 is 25.0. The first-order chi connectivity index (χ1) is 10.7. The molecule has 0 unspecified atom stereocenters. The van der Waals surface area contributed by atoms with Gasteiger partial charge in [0.05, 0.1) is 23.6 Å². The van der Waals surface area contributed by atoms with Gasteiger partial charge in [0.1, 0.15) is 0 Å². The number of carbonyl (C=O) groups is 1. The van der Waals surface area contributed by atoms with Crippen LogP contribution in [0.25, 0.3) is 0 Å².